The lowest BCUT2D eigenvalue weighted by molar-refractivity contribution is 0.660. The lowest BCUT2D eigenvalue weighted by atomic mass is 9.82. The van der Waals surface area contributed by atoms with E-state index < -0.39 is 0 Å². The largest absolute Gasteiger partial charge is 0.455 e. The van der Waals surface area contributed by atoms with Gasteiger partial charge in [-0.25, -0.2) is 0 Å². The zero-order valence-corrected chi connectivity index (χ0v) is 28.6. The lowest BCUT2D eigenvalue weighted by Gasteiger charge is -2.30. The van der Waals surface area contributed by atoms with Crippen LogP contribution < -0.4 is 4.90 Å². The Kier molecular flexibility index (Phi) is 6.56. The third-order valence-corrected chi connectivity index (χ3v) is 10.9. The Hall–Kier alpha value is -6.38. The molecule has 0 bridgehead atoms. The first-order valence-electron chi connectivity index (χ1n) is 17.7. The van der Waals surface area contributed by atoms with Gasteiger partial charge >= 0.3 is 0 Å². The molecule has 0 N–H and O–H groups in total. The molecule has 242 valence electrons. The van der Waals surface area contributed by atoms with Gasteiger partial charge in [-0.1, -0.05) is 147 Å². The molecule has 0 saturated heterocycles. The van der Waals surface area contributed by atoms with Crippen molar-refractivity contribution >= 4 is 49.8 Å². The monoisotopic (exact) mass is 653 g/mol. The van der Waals surface area contributed by atoms with Crippen molar-refractivity contribution in [1.82, 2.24) is 0 Å². The maximum atomic E-state index is 6.59. The van der Waals surface area contributed by atoms with E-state index in [-0.39, 0.29) is 5.41 Å². The van der Waals surface area contributed by atoms with Gasteiger partial charge in [-0.15, -0.1) is 0 Å². The van der Waals surface area contributed by atoms with Crippen molar-refractivity contribution in [2.24, 2.45) is 0 Å². The standard InChI is InChI=1S/C49H35NO/c1-49(2)43-23-10-8-21-40(43)41-29-27-36(31-44(41)49)50(45-24-11-9-19-37(45)32-14-4-3-5-15-32)35-18-12-17-34(30-35)38-22-13-25-46-47(38)42-28-26-33-16-6-7-20-39(33)48(42)51-46/h3-31H,1-2H3. The van der Waals surface area contributed by atoms with Crippen LogP contribution in [0.1, 0.15) is 25.0 Å². The van der Waals surface area contributed by atoms with Gasteiger partial charge in [-0.05, 0) is 86.8 Å². The molecule has 9 aromatic rings. The highest BCUT2D eigenvalue weighted by Crippen LogP contribution is 2.51. The second-order valence-corrected chi connectivity index (χ2v) is 14.1. The van der Waals surface area contributed by atoms with E-state index in [1.165, 1.54) is 38.8 Å². The molecule has 1 aliphatic rings. The number of para-hydroxylation sites is 1. The summed E-state index contributed by atoms with van der Waals surface area (Å²) < 4.78 is 6.59. The fourth-order valence-electron chi connectivity index (χ4n) is 8.40. The maximum absolute atomic E-state index is 6.59. The fraction of sp³-hybridized carbons (Fsp3) is 0.0612. The Labute approximate surface area is 297 Å². The Morgan fingerprint density at radius 3 is 2.04 bits per heavy atom. The van der Waals surface area contributed by atoms with Crippen molar-refractivity contribution in [3.8, 4) is 33.4 Å². The third-order valence-electron chi connectivity index (χ3n) is 10.9. The Morgan fingerprint density at radius 1 is 0.451 bits per heavy atom. The lowest BCUT2D eigenvalue weighted by Crippen LogP contribution is -2.17. The summed E-state index contributed by atoms with van der Waals surface area (Å²) in [6.07, 6.45) is 0. The number of anilines is 3. The predicted molar refractivity (Wildman–Crippen MR) is 214 cm³/mol. The summed E-state index contributed by atoms with van der Waals surface area (Å²) in [6.45, 7) is 4.70. The van der Waals surface area contributed by atoms with Gasteiger partial charge in [0.05, 0.1) is 5.69 Å². The van der Waals surface area contributed by atoms with E-state index in [0.717, 1.165) is 55.5 Å². The zero-order chi connectivity index (χ0) is 34.1. The Balaban J connectivity index is 1.19. The van der Waals surface area contributed by atoms with Crippen LogP contribution in [0.4, 0.5) is 17.1 Å². The van der Waals surface area contributed by atoms with Gasteiger partial charge < -0.3 is 9.32 Å². The number of benzene rings is 8. The Bertz CT molecular complexity index is 2790. The fourth-order valence-corrected chi connectivity index (χ4v) is 8.40. The minimum Gasteiger partial charge on any atom is -0.455 e. The molecule has 1 aliphatic carbocycles. The van der Waals surface area contributed by atoms with Crippen molar-refractivity contribution in [2.45, 2.75) is 19.3 Å². The van der Waals surface area contributed by atoms with Crippen molar-refractivity contribution in [3.05, 3.63) is 187 Å². The zero-order valence-electron chi connectivity index (χ0n) is 28.6. The summed E-state index contributed by atoms with van der Waals surface area (Å²) in [7, 11) is 0. The highest BCUT2D eigenvalue weighted by atomic mass is 16.3. The molecule has 0 atom stereocenters. The molecule has 0 spiro atoms. The molecule has 0 aliphatic heterocycles. The van der Waals surface area contributed by atoms with Crippen LogP contribution in [0.3, 0.4) is 0 Å². The summed E-state index contributed by atoms with van der Waals surface area (Å²) in [5.74, 6) is 0. The van der Waals surface area contributed by atoms with E-state index in [0.29, 0.717) is 0 Å². The minimum absolute atomic E-state index is 0.115. The first-order valence-corrected chi connectivity index (χ1v) is 17.7. The third kappa shape index (κ3) is 4.57. The highest BCUT2D eigenvalue weighted by Gasteiger charge is 2.36. The molecular formula is C49H35NO. The van der Waals surface area contributed by atoms with Crippen LogP contribution in [-0.4, -0.2) is 0 Å². The van der Waals surface area contributed by atoms with Gasteiger partial charge in [-0.3, -0.25) is 0 Å². The van der Waals surface area contributed by atoms with Gasteiger partial charge in [0.25, 0.3) is 0 Å². The summed E-state index contributed by atoms with van der Waals surface area (Å²) in [5, 5.41) is 4.59. The second-order valence-electron chi connectivity index (χ2n) is 14.1. The molecule has 2 nitrogen and oxygen atoms in total. The van der Waals surface area contributed by atoms with Gasteiger partial charge in [-0.2, -0.15) is 0 Å². The normalized spacial score (nSPS) is 13.1. The van der Waals surface area contributed by atoms with Crippen LogP contribution >= 0.6 is 0 Å². The first-order chi connectivity index (χ1) is 25.1. The number of nitrogens with zero attached hydrogens (tertiary/aromatic N) is 1. The molecule has 0 unspecified atom stereocenters. The molecule has 8 aromatic carbocycles. The van der Waals surface area contributed by atoms with Crippen LogP contribution in [0.25, 0.3) is 66.1 Å². The van der Waals surface area contributed by atoms with Crippen LogP contribution in [0, 0.1) is 0 Å². The van der Waals surface area contributed by atoms with Crippen molar-refractivity contribution < 1.29 is 4.42 Å². The number of hydrogen-bond acceptors (Lipinski definition) is 2. The van der Waals surface area contributed by atoms with Crippen LogP contribution in [0.5, 0.6) is 0 Å². The van der Waals surface area contributed by atoms with E-state index in [1.807, 2.05) is 0 Å². The van der Waals surface area contributed by atoms with Gasteiger partial charge in [0.1, 0.15) is 11.2 Å². The molecule has 51 heavy (non-hydrogen) atoms. The van der Waals surface area contributed by atoms with Crippen molar-refractivity contribution in [3.63, 3.8) is 0 Å². The molecule has 0 fully saturated rings. The van der Waals surface area contributed by atoms with Gasteiger partial charge in [0.2, 0.25) is 0 Å². The molecular weight excluding hydrogens is 619 g/mol. The van der Waals surface area contributed by atoms with Crippen LogP contribution in [0.2, 0.25) is 0 Å². The van der Waals surface area contributed by atoms with Crippen LogP contribution in [0.15, 0.2) is 180 Å². The average molecular weight is 654 g/mol. The molecule has 2 heteroatoms. The molecule has 1 heterocycles. The molecule has 0 saturated carbocycles. The van der Waals surface area contributed by atoms with Gasteiger partial charge in [0.15, 0.2) is 0 Å². The number of hydrogen-bond donors (Lipinski definition) is 0. The van der Waals surface area contributed by atoms with Crippen molar-refractivity contribution in [2.75, 3.05) is 4.90 Å². The highest BCUT2D eigenvalue weighted by molar-refractivity contribution is 6.19. The summed E-state index contributed by atoms with van der Waals surface area (Å²) in [4.78, 5) is 2.44. The first kappa shape index (κ1) is 29.5. The van der Waals surface area contributed by atoms with E-state index >= 15 is 0 Å². The second kappa shape index (κ2) is 11.3. The quantitative estimate of drug-likeness (QED) is 0.184. The van der Waals surface area contributed by atoms with Gasteiger partial charge in [0, 0.05) is 38.5 Å². The summed E-state index contributed by atoms with van der Waals surface area (Å²) in [6, 6.07) is 63.6. The molecule has 1 aromatic heterocycles. The van der Waals surface area contributed by atoms with Crippen LogP contribution in [-0.2, 0) is 5.41 Å². The van der Waals surface area contributed by atoms with E-state index in [4.69, 9.17) is 4.42 Å². The summed E-state index contributed by atoms with van der Waals surface area (Å²) in [5.41, 5.74) is 15.1. The minimum atomic E-state index is -0.115. The molecule has 0 radical (unpaired) electrons. The number of furan rings is 1. The maximum Gasteiger partial charge on any atom is 0.143 e. The number of rotatable bonds is 5. The van der Waals surface area contributed by atoms with E-state index in [2.05, 4.69) is 195 Å². The van der Waals surface area contributed by atoms with Crippen molar-refractivity contribution in [1.29, 1.82) is 0 Å². The average Bonchev–Trinajstić information content (AvgIpc) is 3.68. The molecule has 10 rings (SSSR count). The van der Waals surface area contributed by atoms with E-state index in [1.54, 1.807) is 0 Å². The summed E-state index contributed by atoms with van der Waals surface area (Å²) >= 11 is 0. The Morgan fingerprint density at radius 2 is 1.14 bits per heavy atom. The number of fused-ring (bicyclic) bond motifs is 8. The SMILES string of the molecule is CC1(C)c2ccccc2-c2ccc(N(c3cccc(-c4cccc5oc6c7ccccc7ccc6c45)c3)c3ccccc3-c3ccccc3)cc21. The van der Waals surface area contributed by atoms with E-state index in [9.17, 15) is 0 Å². The smallest absolute Gasteiger partial charge is 0.143 e. The molecule has 0 amide bonds. The topological polar surface area (TPSA) is 16.4 Å². The predicted octanol–water partition coefficient (Wildman–Crippen LogP) is 13.8.